The third-order valence-electron chi connectivity index (χ3n) is 4.60. The van der Waals surface area contributed by atoms with Gasteiger partial charge in [0.2, 0.25) is 0 Å². The molecule has 0 saturated carbocycles. The first kappa shape index (κ1) is 15.2. The Kier molecular flexibility index (Phi) is 4.83. The van der Waals surface area contributed by atoms with Crippen LogP contribution in [0.25, 0.3) is 0 Å². The zero-order valence-electron chi connectivity index (χ0n) is 12.9. The Labute approximate surface area is 131 Å². The maximum absolute atomic E-state index is 12.1. The monoisotopic (exact) mass is 304 g/mol. The molecule has 0 unspecified atom stereocenters. The summed E-state index contributed by atoms with van der Waals surface area (Å²) in [7, 11) is 0. The molecular formula is C17H24N2O3. The number of carbonyl (C=O) groups is 1. The van der Waals surface area contributed by atoms with Gasteiger partial charge in [-0.05, 0) is 42.4 Å². The summed E-state index contributed by atoms with van der Waals surface area (Å²) in [5.74, 6) is 1.36. The van der Waals surface area contributed by atoms with E-state index in [0.717, 1.165) is 51.1 Å². The van der Waals surface area contributed by atoms with Crippen LogP contribution in [0.5, 0.6) is 5.75 Å². The summed E-state index contributed by atoms with van der Waals surface area (Å²) >= 11 is 0. The van der Waals surface area contributed by atoms with Crippen molar-refractivity contribution in [1.82, 2.24) is 10.2 Å². The average Bonchev–Trinajstić information content (AvgIpc) is 3.02. The number of rotatable bonds is 4. The Hall–Kier alpha value is -1.75. The van der Waals surface area contributed by atoms with E-state index in [0.29, 0.717) is 12.5 Å². The summed E-state index contributed by atoms with van der Waals surface area (Å²) in [5, 5.41) is 12.1. The maximum Gasteiger partial charge on any atom is 0.317 e. The van der Waals surface area contributed by atoms with E-state index in [1.165, 1.54) is 11.1 Å². The van der Waals surface area contributed by atoms with Gasteiger partial charge in [-0.1, -0.05) is 12.1 Å². The number of carbonyl (C=O) groups excluding carboxylic acids is 1. The van der Waals surface area contributed by atoms with Crippen molar-refractivity contribution in [1.29, 1.82) is 0 Å². The van der Waals surface area contributed by atoms with Gasteiger partial charge in [-0.25, -0.2) is 4.79 Å². The zero-order valence-corrected chi connectivity index (χ0v) is 12.9. The molecule has 3 rings (SSSR count). The van der Waals surface area contributed by atoms with Crippen LogP contribution >= 0.6 is 0 Å². The summed E-state index contributed by atoms with van der Waals surface area (Å²) < 4.78 is 5.50. The fraction of sp³-hybridized carbons (Fsp3) is 0.588. The SMILES string of the molecule is O=C(NCCc1ccc2c(c1)CCO2)N1CCC(CO)CC1. The molecule has 0 spiro atoms. The van der Waals surface area contributed by atoms with Crippen molar-refractivity contribution in [2.24, 2.45) is 5.92 Å². The number of urea groups is 1. The first-order valence-corrected chi connectivity index (χ1v) is 8.14. The smallest absolute Gasteiger partial charge is 0.317 e. The molecule has 2 aliphatic heterocycles. The Balaban J connectivity index is 1.42. The molecule has 0 atom stereocenters. The van der Waals surface area contributed by atoms with Crippen LogP contribution in [-0.4, -0.2) is 48.9 Å². The number of nitrogens with zero attached hydrogens (tertiary/aromatic N) is 1. The third-order valence-corrected chi connectivity index (χ3v) is 4.60. The highest BCUT2D eigenvalue weighted by molar-refractivity contribution is 5.74. The van der Waals surface area contributed by atoms with Gasteiger partial charge in [-0.2, -0.15) is 0 Å². The summed E-state index contributed by atoms with van der Waals surface area (Å²) in [6, 6.07) is 6.30. The summed E-state index contributed by atoms with van der Waals surface area (Å²) in [6.45, 7) is 3.15. The quantitative estimate of drug-likeness (QED) is 0.888. The lowest BCUT2D eigenvalue weighted by Gasteiger charge is -2.31. The highest BCUT2D eigenvalue weighted by Crippen LogP contribution is 2.25. The molecule has 5 nitrogen and oxygen atoms in total. The largest absolute Gasteiger partial charge is 0.493 e. The molecule has 2 N–H and O–H groups in total. The van der Waals surface area contributed by atoms with Crippen LogP contribution < -0.4 is 10.1 Å². The zero-order chi connectivity index (χ0) is 15.4. The topological polar surface area (TPSA) is 61.8 Å². The van der Waals surface area contributed by atoms with Gasteiger partial charge in [0.15, 0.2) is 0 Å². The molecule has 5 heteroatoms. The average molecular weight is 304 g/mol. The number of likely N-dealkylation sites (tertiary alicyclic amines) is 1. The number of nitrogens with one attached hydrogen (secondary N) is 1. The summed E-state index contributed by atoms with van der Waals surface area (Å²) in [5.41, 5.74) is 2.51. The predicted octanol–water partition coefficient (Wildman–Crippen LogP) is 1.58. The van der Waals surface area contributed by atoms with Crippen LogP contribution in [0.15, 0.2) is 18.2 Å². The Morgan fingerprint density at radius 3 is 2.95 bits per heavy atom. The normalized spacial score (nSPS) is 18.0. The first-order chi connectivity index (χ1) is 10.8. The molecule has 0 radical (unpaired) electrons. The van der Waals surface area contributed by atoms with Crippen LogP contribution in [-0.2, 0) is 12.8 Å². The van der Waals surface area contributed by atoms with Crippen molar-refractivity contribution in [2.75, 3.05) is 32.8 Å². The number of fused-ring (bicyclic) bond motifs is 1. The molecule has 2 aliphatic rings. The van der Waals surface area contributed by atoms with Crippen LogP contribution in [0.4, 0.5) is 4.79 Å². The van der Waals surface area contributed by atoms with E-state index in [1.807, 2.05) is 11.0 Å². The van der Waals surface area contributed by atoms with E-state index < -0.39 is 0 Å². The second-order valence-corrected chi connectivity index (χ2v) is 6.14. The number of aliphatic hydroxyl groups is 1. The Bertz CT molecular complexity index is 525. The van der Waals surface area contributed by atoms with Gasteiger partial charge in [0, 0.05) is 32.7 Å². The van der Waals surface area contributed by atoms with Gasteiger partial charge in [0.1, 0.15) is 5.75 Å². The van der Waals surface area contributed by atoms with Crippen LogP contribution in [0.3, 0.4) is 0 Å². The fourth-order valence-corrected chi connectivity index (χ4v) is 3.14. The van der Waals surface area contributed by atoms with Gasteiger partial charge in [-0.3, -0.25) is 0 Å². The molecule has 1 saturated heterocycles. The van der Waals surface area contributed by atoms with E-state index in [4.69, 9.17) is 9.84 Å². The van der Waals surface area contributed by atoms with E-state index in [2.05, 4.69) is 17.4 Å². The summed E-state index contributed by atoms with van der Waals surface area (Å²) in [6.07, 6.45) is 3.62. The fourth-order valence-electron chi connectivity index (χ4n) is 3.14. The molecular weight excluding hydrogens is 280 g/mol. The molecule has 0 bridgehead atoms. The minimum atomic E-state index is 0.0147. The number of ether oxygens (including phenoxy) is 1. The molecule has 120 valence electrons. The lowest BCUT2D eigenvalue weighted by Crippen LogP contribution is -2.45. The van der Waals surface area contributed by atoms with E-state index >= 15 is 0 Å². The molecule has 2 amide bonds. The van der Waals surface area contributed by atoms with Gasteiger partial charge < -0.3 is 20.1 Å². The van der Waals surface area contributed by atoms with Crippen molar-refractivity contribution in [3.05, 3.63) is 29.3 Å². The number of piperidine rings is 1. The van der Waals surface area contributed by atoms with Crippen molar-refractivity contribution in [3.8, 4) is 5.75 Å². The molecule has 0 aliphatic carbocycles. The van der Waals surface area contributed by atoms with Crippen molar-refractivity contribution in [2.45, 2.75) is 25.7 Å². The van der Waals surface area contributed by atoms with Crippen molar-refractivity contribution in [3.63, 3.8) is 0 Å². The van der Waals surface area contributed by atoms with Crippen molar-refractivity contribution < 1.29 is 14.6 Å². The maximum atomic E-state index is 12.1. The number of aliphatic hydroxyl groups excluding tert-OH is 1. The molecule has 1 fully saturated rings. The number of benzene rings is 1. The molecule has 1 aromatic carbocycles. The Morgan fingerprint density at radius 2 is 2.18 bits per heavy atom. The molecule has 22 heavy (non-hydrogen) atoms. The number of amides is 2. The lowest BCUT2D eigenvalue weighted by molar-refractivity contribution is 0.137. The third kappa shape index (κ3) is 3.53. The lowest BCUT2D eigenvalue weighted by atomic mass is 9.98. The van der Waals surface area contributed by atoms with Gasteiger partial charge >= 0.3 is 6.03 Å². The number of hydrogen-bond acceptors (Lipinski definition) is 3. The summed E-state index contributed by atoms with van der Waals surface area (Å²) in [4.78, 5) is 14.0. The molecule has 2 heterocycles. The first-order valence-electron chi connectivity index (χ1n) is 8.14. The van der Waals surface area contributed by atoms with Crippen LogP contribution in [0, 0.1) is 5.92 Å². The Morgan fingerprint density at radius 1 is 1.36 bits per heavy atom. The second kappa shape index (κ2) is 7.01. The van der Waals surface area contributed by atoms with Crippen LogP contribution in [0.2, 0.25) is 0 Å². The highest BCUT2D eigenvalue weighted by Gasteiger charge is 2.21. The van der Waals surface area contributed by atoms with Gasteiger partial charge in [0.05, 0.1) is 6.61 Å². The van der Waals surface area contributed by atoms with E-state index in [-0.39, 0.29) is 12.6 Å². The second-order valence-electron chi connectivity index (χ2n) is 6.14. The minimum absolute atomic E-state index is 0.0147. The van der Waals surface area contributed by atoms with E-state index in [9.17, 15) is 4.79 Å². The minimum Gasteiger partial charge on any atom is -0.493 e. The predicted molar refractivity (Wildman–Crippen MR) is 84.1 cm³/mol. The molecule has 1 aromatic rings. The van der Waals surface area contributed by atoms with Crippen LogP contribution in [0.1, 0.15) is 24.0 Å². The highest BCUT2D eigenvalue weighted by atomic mass is 16.5. The molecule has 0 aromatic heterocycles. The number of hydrogen-bond donors (Lipinski definition) is 2. The standard InChI is InChI=1S/C17H24N2O3/c20-12-14-4-8-19(9-5-14)17(21)18-7-3-13-1-2-16-15(11-13)6-10-22-16/h1-2,11,14,20H,3-10,12H2,(H,18,21). The van der Waals surface area contributed by atoms with Crippen molar-refractivity contribution >= 4 is 6.03 Å². The van der Waals surface area contributed by atoms with E-state index in [1.54, 1.807) is 0 Å². The van der Waals surface area contributed by atoms with Gasteiger partial charge in [0.25, 0.3) is 0 Å². The van der Waals surface area contributed by atoms with Gasteiger partial charge in [-0.15, -0.1) is 0 Å².